The monoisotopic (exact) mass is 424 g/mol. The largest absolute Gasteiger partial charge is 0.507 e. The fourth-order valence-electron chi connectivity index (χ4n) is 3.75. The molecule has 1 atom stereocenters. The van der Waals surface area contributed by atoms with Gasteiger partial charge in [0.25, 0.3) is 17.4 Å². The number of ether oxygens (including phenoxy) is 1. The Bertz CT molecular complexity index is 1060. The van der Waals surface area contributed by atoms with Gasteiger partial charge in [-0.2, -0.15) is 0 Å². The highest BCUT2D eigenvalue weighted by molar-refractivity contribution is 6.46. The Morgan fingerprint density at radius 3 is 2.45 bits per heavy atom. The van der Waals surface area contributed by atoms with Crippen LogP contribution in [0.5, 0.6) is 0 Å². The highest BCUT2D eigenvalue weighted by atomic mass is 16.6. The molecule has 0 aliphatic carbocycles. The number of nitrogens with zero attached hydrogens (tertiary/aromatic N) is 2. The minimum absolute atomic E-state index is 0.0232. The first-order valence-electron chi connectivity index (χ1n) is 9.85. The number of nitro groups is 1. The number of hydrogen-bond donors (Lipinski definition) is 1. The van der Waals surface area contributed by atoms with Crippen molar-refractivity contribution in [1.82, 2.24) is 4.90 Å². The van der Waals surface area contributed by atoms with Gasteiger partial charge in [-0.25, -0.2) is 0 Å². The van der Waals surface area contributed by atoms with Crippen LogP contribution in [0.2, 0.25) is 0 Å². The molecule has 0 aromatic heterocycles. The number of ketones is 1. The average Bonchev–Trinajstić information content (AvgIpc) is 3.00. The van der Waals surface area contributed by atoms with E-state index in [1.165, 1.54) is 29.2 Å². The maximum absolute atomic E-state index is 13.0. The standard InChI is InChI=1S/C23H24N2O6/c1-14-5-6-15(2)18(13-14)21(26)19-20(16-7-9-17(10-8-16)25(29)30)24(11-4-12-31-3)23(28)22(19)27/h5-10,13,20,26H,4,11-12H2,1-3H3/b21-19+. The number of carbonyl (C=O) groups is 2. The van der Waals surface area contributed by atoms with Crippen molar-refractivity contribution >= 4 is 23.1 Å². The van der Waals surface area contributed by atoms with E-state index in [0.29, 0.717) is 24.2 Å². The van der Waals surface area contributed by atoms with E-state index in [0.717, 1.165) is 11.1 Å². The van der Waals surface area contributed by atoms with Crippen LogP contribution in [0.4, 0.5) is 5.69 Å². The van der Waals surface area contributed by atoms with E-state index in [-0.39, 0.29) is 23.6 Å². The molecule has 1 saturated heterocycles. The predicted molar refractivity (Wildman–Crippen MR) is 115 cm³/mol. The number of likely N-dealkylation sites (tertiary alicyclic amines) is 1. The number of hydrogen-bond acceptors (Lipinski definition) is 6. The molecule has 2 aromatic carbocycles. The van der Waals surface area contributed by atoms with Crippen LogP contribution in [0.15, 0.2) is 48.0 Å². The molecule has 0 radical (unpaired) electrons. The second kappa shape index (κ2) is 9.09. The zero-order valence-electron chi connectivity index (χ0n) is 17.6. The van der Waals surface area contributed by atoms with Crippen LogP contribution >= 0.6 is 0 Å². The number of aliphatic hydroxyl groups excluding tert-OH is 1. The van der Waals surface area contributed by atoms with Gasteiger partial charge in [0.2, 0.25) is 0 Å². The molecular weight excluding hydrogens is 400 g/mol. The van der Waals surface area contributed by atoms with Crippen LogP contribution < -0.4 is 0 Å². The zero-order chi connectivity index (χ0) is 22.7. The van der Waals surface area contributed by atoms with E-state index in [9.17, 15) is 24.8 Å². The van der Waals surface area contributed by atoms with E-state index in [1.54, 1.807) is 13.2 Å². The molecule has 1 heterocycles. The number of methoxy groups -OCH3 is 1. The second-order valence-corrected chi connectivity index (χ2v) is 7.51. The molecule has 8 nitrogen and oxygen atoms in total. The van der Waals surface area contributed by atoms with Crippen molar-refractivity contribution in [1.29, 1.82) is 0 Å². The maximum Gasteiger partial charge on any atom is 0.295 e. The fourth-order valence-corrected chi connectivity index (χ4v) is 3.75. The number of Topliss-reactive ketones (excluding diaryl/α,β-unsaturated/α-hetero) is 1. The van der Waals surface area contributed by atoms with Crippen LogP contribution in [-0.2, 0) is 14.3 Å². The third-order valence-corrected chi connectivity index (χ3v) is 5.36. The van der Waals surface area contributed by atoms with Crippen LogP contribution in [0.25, 0.3) is 5.76 Å². The SMILES string of the molecule is COCCCN1C(=O)C(=O)/C(=C(/O)c2cc(C)ccc2C)C1c1ccc([N+](=O)[O-])cc1. The van der Waals surface area contributed by atoms with Gasteiger partial charge in [-0.15, -0.1) is 0 Å². The van der Waals surface area contributed by atoms with Gasteiger partial charge in [-0.3, -0.25) is 19.7 Å². The van der Waals surface area contributed by atoms with Crippen molar-refractivity contribution in [3.05, 3.63) is 80.4 Å². The molecule has 0 saturated carbocycles. The minimum Gasteiger partial charge on any atom is -0.507 e. The van der Waals surface area contributed by atoms with Crippen LogP contribution in [0.3, 0.4) is 0 Å². The smallest absolute Gasteiger partial charge is 0.295 e. The summed E-state index contributed by atoms with van der Waals surface area (Å²) in [5.41, 5.74) is 2.51. The fraction of sp³-hybridized carbons (Fsp3) is 0.304. The van der Waals surface area contributed by atoms with Gasteiger partial charge in [0.1, 0.15) is 5.76 Å². The summed E-state index contributed by atoms with van der Waals surface area (Å²) in [6.07, 6.45) is 0.497. The van der Waals surface area contributed by atoms with Crippen molar-refractivity contribution in [3.63, 3.8) is 0 Å². The molecule has 2 aromatic rings. The predicted octanol–water partition coefficient (Wildman–Crippen LogP) is 3.67. The first-order chi connectivity index (χ1) is 14.8. The normalized spacial score (nSPS) is 17.9. The summed E-state index contributed by atoms with van der Waals surface area (Å²) in [5, 5.41) is 22.2. The lowest BCUT2D eigenvalue weighted by molar-refractivity contribution is -0.384. The van der Waals surface area contributed by atoms with Crippen molar-refractivity contribution in [2.75, 3.05) is 20.3 Å². The molecule has 1 aliphatic rings. The second-order valence-electron chi connectivity index (χ2n) is 7.51. The molecule has 3 rings (SSSR count). The Morgan fingerprint density at radius 1 is 1.16 bits per heavy atom. The Balaban J connectivity index is 2.16. The van der Waals surface area contributed by atoms with Gasteiger partial charge in [0.05, 0.1) is 16.5 Å². The van der Waals surface area contributed by atoms with E-state index in [2.05, 4.69) is 0 Å². The maximum atomic E-state index is 13.0. The lowest BCUT2D eigenvalue weighted by Gasteiger charge is -2.25. The third-order valence-electron chi connectivity index (χ3n) is 5.36. The third kappa shape index (κ3) is 4.34. The molecule has 1 aliphatic heterocycles. The minimum atomic E-state index is -0.849. The highest BCUT2D eigenvalue weighted by Crippen LogP contribution is 2.40. The Morgan fingerprint density at radius 2 is 1.84 bits per heavy atom. The van der Waals surface area contributed by atoms with E-state index in [1.807, 2.05) is 26.0 Å². The molecule has 31 heavy (non-hydrogen) atoms. The molecule has 0 spiro atoms. The zero-order valence-corrected chi connectivity index (χ0v) is 17.6. The van der Waals surface area contributed by atoms with Crippen LogP contribution in [0.1, 0.15) is 34.7 Å². The first kappa shape index (κ1) is 22.2. The molecule has 0 bridgehead atoms. The average molecular weight is 424 g/mol. The molecule has 1 fully saturated rings. The lowest BCUT2D eigenvalue weighted by Crippen LogP contribution is -2.31. The molecule has 1 amide bonds. The summed E-state index contributed by atoms with van der Waals surface area (Å²) in [5.74, 6) is -1.75. The van der Waals surface area contributed by atoms with Gasteiger partial charge >= 0.3 is 0 Å². The molecule has 8 heteroatoms. The first-order valence-corrected chi connectivity index (χ1v) is 9.85. The number of nitro benzene ring substituents is 1. The quantitative estimate of drug-likeness (QED) is 0.181. The summed E-state index contributed by atoms with van der Waals surface area (Å²) < 4.78 is 5.06. The van der Waals surface area contributed by atoms with Gasteiger partial charge in [-0.1, -0.05) is 17.7 Å². The number of benzene rings is 2. The Labute approximate surface area is 179 Å². The molecule has 162 valence electrons. The topological polar surface area (TPSA) is 110 Å². The number of rotatable bonds is 7. The van der Waals surface area contributed by atoms with Gasteiger partial charge in [0.15, 0.2) is 0 Å². The Kier molecular flexibility index (Phi) is 6.50. The van der Waals surface area contributed by atoms with Crippen molar-refractivity contribution in [2.45, 2.75) is 26.3 Å². The molecule has 1 N–H and O–H groups in total. The van der Waals surface area contributed by atoms with E-state index >= 15 is 0 Å². The van der Waals surface area contributed by atoms with Crippen molar-refractivity contribution in [3.8, 4) is 0 Å². The summed E-state index contributed by atoms with van der Waals surface area (Å²) in [6, 6.07) is 10.3. The van der Waals surface area contributed by atoms with E-state index in [4.69, 9.17) is 4.74 Å². The number of carbonyl (C=O) groups excluding carboxylic acids is 2. The summed E-state index contributed by atoms with van der Waals surface area (Å²) in [4.78, 5) is 37.7. The number of aryl methyl sites for hydroxylation is 2. The van der Waals surface area contributed by atoms with E-state index < -0.39 is 22.7 Å². The van der Waals surface area contributed by atoms with Crippen LogP contribution in [0, 0.1) is 24.0 Å². The van der Waals surface area contributed by atoms with Gasteiger partial charge in [-0.05, 0) is 49.6 Å². The number of amides is 1. The van der Waals surface area contributed by atoms with Crippen LogP contribution in [-0.4, -0.2) is 46.9 Å². The van der Waals surface area contributed by atoms with Crippen molar-refractivity contribution in [2.24, 2.45) is 0 Å². The van der Waals surface area contributed by atoms with Crippen molar-refractivity contribution < 1.29 is 24.4 Å². The Hall–Kier alpha value is -3.52. The number of aliphatic hydroxyl groups is 1. The lowest BCUT2D eigenvalue weighted by atomic mass is 9.93. The summed E-state index contributed by atoms with van der Waals surface area (Å²) in [6.45, 7) is 4.31. The van der Waals surface area contributed by atoms with Gasteiger partial charge in [0, 0.05) is 38.0 Å². The summed E-state index contributed by atoms with van der Waals surface area (Å²) >= 11 is 0. The highest BCUT2D eigenvalue weighted by Gasteiger charge is 2.46. The van der Waals surface area contributed by atoms with Gasteiger partial charge < -0.3 is 14.7 Å². The summed E-state index contributed by atoms with van der Waals surface area (Å²) in [7, 11) is 1.54. The number of non-ortho nitro benzene ring substituents is 1. The molecule has 1 unspecified atom stereocenters. The molecular formula is C23H24N2O6.